The van der Waals surface area contributed by atoms with E-state index in [1.165, 1.54) is 19.2 Å². The van der Waals surface area contributed by atoms with Gasteiger partial charge in [0.1, 0.15) is 5.82 Å². The summed E-state index contributed by atoms with van der Waals surface area (Å²) in [5, 5.41) is 7.27. The number of methoxy groups -OCH3 is 1. The quantitative estimate of drug-likeness (QED) is 0.765. The van der Waals surface area contributed by atoms with Gasteiger partial charge in [-0.1, -0.05) is 6.07 Å². The van der Waals surface area contributed by atoms with Crippen molar-refractivity contribution < 1.29 is 13.9 Å². The number of aromatic nitrogens is 2. The highest BCUT2D eigenvalue weighted by atomic mass is 19.1. The molecule has 0 bridgehead atoms. The Balaban J connectivity index is 1.93. The molecule has 0 aliphatic rings. The molecule has 0 spiro atoms. The lowest BCUT2D eigenvalue weighted by atomic mass is 10.1. The molecule has 5 nitrogen and oxygen atoms in total. The number of carbonyl (C=O) groups excluding carboxylic acids is 1. The third kappa shape index (κ3) is 3.59. The van der Waals surface area contributed by atoms with Crippen LogP contribution in [0.3, 0.4) is 0 Å². The molecule has 1 heterocycles. The molecule has 134 valence electrons. The number of ether oxygens (including phenoxy) is 1. The maximum absolute atomic E-state index is 13.9. The van der Waals surface area contributed by atoms with Crippen molar-refractivity contribution in [1.82, 2.24) is 9.78 Å². The summed E-state index contributed by atoms with van der Waals surface area (Å²) in [5.41, 5.74) is 4.02. The maximum Gasteiger partial charge on any atom is 0.256 e. The van der Waals surface area contributed by atoms with E-state index in [2.05, 4.69) is 16.5 Å². The van der Waals surface area contributed by atoms with E-state index in [9.17, 15) is 9.18 Å². The monoisotopic (exact) mass is 353 g/mol. The molecule has 3 rings (SSSR count). The van der Waals surface area contributed by atoms with E-state index in [-0.39, 0.29) is 11.3 Å². The van der Waals surface area contributed by atoms with Crippen molar-refractivity contribution in [2.45, 2.75) is 20.8 Å². The lowest BCUT2D eigenvalue weighted by Crippen LogP contribution is -2.15. The van der Waals surface area contributed by atoms with E-state index in [4.69, 9.17) is 4.74 Å². The molecular weight excluding hydrogens is 333 g/mol. The Labute approximate surface area is 151 Å². The zero-order chi connectivity index (χ0) is 18.8. The fraction of sp³-hybridized carbons (Fsp3) is 0.200. The fourth-order valence-electron chi connectivity index (χ4n) is 2.85. The van der Waals surface area contributed by atoms with Gasteiger partial charge in [0, 0.05) is 11.6 Å². The third-order valence-corrected chi connectivity index (χ3v) is 3.94. The normalized spacial score (nSPS) is 10.7. The number of amides is 1. The van der Waals surface area contributed by atoms with Crippen molar-refractivity contribution in [2.24, 2.45) is 0 Å². The zero-order valence-electron chi connectivity index (χ0n) is 15.1. The molecule has 0 radical (unpaired) electrons. The molecular formula is C20H20FN3O2. The van der Waals surface area contributed by atoms with Crippen molar-refractivity contribution in [1.29, 1.82) is 0 Å². The average Bonchev–Trinajstić information content (AvgIpc) is 2.94. The summed E-state index contributed by atoms with van der Waals surface area (Å²) in [6.45, 7) is 5.86. The van der Waals surface area contributed by atoms with Crippen LogP contribution in [0.15, 0.2) is 42.5 Å². The van der Waals surface area contributed by atoms with Gasteiger partial charge in [0.05, 0.1) is 18.5 Å². The van der Waals surface area contributed by atoms with Gasteiger partial charge in [-0.2, -0.15) is 5.10 Å². The molecule has 1 N–H and O–H groups in total. The summed E-state index contributed by atoms with van der Waals surface area (Å²) in [4.78, 5) is 12.5. The molecule has 1 aromatic heterocycles. The first-order valence-corrected chi connectivity index (χ1v) is 8.17. The number of aryl methyl sites for hydroxylation is 3. The Morgan fingerprint density at radius 3 is 2.38 bits per heavy atom. The highest BCUT2D eigenvalue weighted by Gasteiger charge is 2.15. The number of rotatable bonds is 4. The predicted molar refractivity (Wildman–Crippen MR) is 98.7 cm³/mol. The molecule has 26 heavy (non-hydrogen) atoms. The van der Waals surface area contributed by atoms with Crippen LogP contribution in [-0.2, 0) is 0 Å². The van der Waals surface area contributed by atoms with E-state index >= 15 is 0 Å². The van der Waals surface area contributed by atoms with Gasteiger partial charge in [-0.25, -0.2) is 9.07 Å². The minimum atomic E-state index is -0.584. The second-order valence-electron chi connectivity index (χ2n) is 6.23. The first-order valence-electron chi connectivity index (χ1n) is 8.17. The average molecular weight is 353 g/mol. The Bertz CT molecular complexity index is 959. The lowest BCUT2D eigenvalue weighted by molar-refractivity contribution is 0.102. The molecule has 0 aliphatic heterocycles. The standard InChI is InChI=1S/C20H20FN3O2/c1-12-7-13(2)9-16(8-12)24-19(10-14(3)23-24)22-20(25)15-5-6-18(26-4)17(21)11-15/h5-11H,1-4H3,(H,22,25). The van der Waals surface area contributed by atoms with Gasteiger partial charge in [0.25, 0.3) is 5.91 Å². The largest absolute Gasteiger partial charge is 0.494 e. The molecule has 6 heteroatoms. The summed E-state index contributed by atoms with van der Waals surface area (Å²) >= 11 is 0. The van der Waals surface area contributed by atoms with Crippen LogP contribution in [0.4, 0.5) is 10.2 Å². The van der Waals surface area contributed by atoms with Gasteiger partial charge in [-0.15, -0.1) is 0 Å². The van der Waals surface area contributed by atoms with E-state index in [1.807, 2.05) is 32.9 Å². The fourth-order valence-corrected chi connectivity index (χ4v) is 2.85. The van der Waals surface area contributed by atoms with Crippen LogP contribution in [0.1, 0.15) is 27.2 Å². The molecule has 0 atom stereocenters. The Morgan fingerprint density at radius 1 is 1.08 bits per heavy atom. The zero-order valence-corrected chi connectivity index (χ0v) is 15.1. The number of nitrogens with zero attached hydrogens (tertiary/aromatic N) is 2. The van der Waals surface area contributed by atoms with Crippen molar-refractivity contribution in [3.05, 3.63) is 70.7 Å². The third-order valence-electron chi connectivity index (χ3n) is 3.94. The minimum absolute atomic E-state index is 0.0951. The summed E-state index contributed by atoms with van der Waals surface area (Å²) < 4.78 is 20.4. The molecule has 0 aliphatic carbocycles. The van der Waals surface area contributed by atoms with Gasteiger partial charge in [0.2, 0.25) is 0 Å². The first kappa shape index (κ1) is 17.7. The molecule has 0 fully saturated rings. The topological polar surface area (TPSA) is 56.1 Å². The Kier molecular flexibility index (Phi) is 4.75. The van der Waals surface area contributed by atoms with Gasteiger partial charge in [0.15, 0.2) is 11.6 Å². The first-order chi connectivity index (χ1) is 12.4. The number of carbonyl (C=O) groups is 1. The second kappa shape index (κ2) is 7.00. The maximum atomic E-state index is 13.9. The number of nitrogens with one attached hydrogen (secondary N) is 1. The van der Waals surface area contributed by atoms with Crippen LogP contribution in [-0.4, -0.2) is 22.8 Å². The van der Waals surface area contributed by atoms with Crippen LogP contribution in [0, 0.1) is 26.6 Å². The summed E-state index contributed by atoms with van der Waals surface area (Å²) in [6, 6.07) is 11.9. The smallest absolute Gasteiger partial charge is 0.256 e. The van der Waals surface area contributed by atoms with Crippen LogP contribution in [0.25, 0.3) is 5.69 Å². The van der Waals surface area contributed by atoms with E-state index < -0.39 is 11.7 Å². The number of hydrogen-bond acceptors (Lipinski definition) is 3. The highest BCUT2D eigenvalue weighted by Crippen LogP contribution is 2.22. The van der Waals surface area contributed by atoms with Gasteiger partial charge in [-0.05, 0) is 62.2 Å². The summed E-state index contributed by atoms with van der Waals surface area (Å²) in [7, 11) is 1.38. The molecule has 0 saturated carbocycles. The SMILES string of the molecule is COc1ccc(C(=O)Nc2cc(C)nn2-c2cc(C)cc(C)c2)cc1F. The van der Waals surface area contributed by atoms with Crippen molar-refractivity contribution in [2.75, 3.05) is 12.4 Å². The summed E-state index contributed by atoms with van der Waals surface area (Å²) in [6.07, 6.45) is 0. The van der Waals surface area contributed by atoms with Gasteiger partial charge >= 0.3 is 0 Å². The number of anilines is 1. The molecule has 0 saturated heterocycles. The van der Waals surface area contributed by atoms with Crippen LogP contribution < -0.4 is 10.1 Å². The van der Waals surface area contributed by atoms with E-state index in [1.54, 1.807) is 10.7 Å². The van der Waals surface area contributed by atoms with Crippen LogP contribution in [0.2, 0.25) is 0 Å². The van der Waals surface area contributed by atoms with Crippen molar-refractivity contribution in [3.63, 3.8) is 0 Å². The van der Waals surface area contributed by atoms with Gasteiger partial charge < -0.3 is 10.1 Å². The molecule has 0 unspecified atom stereocenters. The van der Waals surface area contributed by atoms with Gasteiger partial charge in [-0.3, -0.25) is 4.79 Å². The molecule has 3 aromatic rings. The lowest BCUT2D eigenvalue weighted by Gasteiger charge is -2.11. The van der Waals surface area contributed by atoms with Crippen LogP contribution >= 0.6 is 0 Å². The number of halogens is 1. The number of hydrogen-bond donors (Lipinski definition) is 1. The van der Waals surface area contributed by atoms with E-state index in [0.717, 1.165) is 28.6 Å². The van der Waals surface area contributed by atoms with Crippen LogP contribution in [0.5, 0.6) is 5.75 Å². The second-order valence-corrected chi connectivity index (χ2v) is 6.23. The van der Waals surface area contributed by atoms with E-state index in [0.29, 0.717) is 5.82 Å². The number of benzene rings is 2. The summed E-state index contributed by atoms with van der Waals surface area (Å²) in [5.74, 6) is -0.386. The highest BCUT2D eigenvalue weighted by molar-refractivity contribution is 6.04. The molecule has 2 aromatic carbocycles. The van der Waals surface area contributed by atoms with Crippen molar-refractivity contribution in [3.8, 4) is 11.4 Å². The van der Waals surface area contributed by atoms with Crippen molar-refractivity contribution >= 4 is 11.7 Å². The Morgan fingerprint density at radius 2 is 1.77 bits per heavy atom. The molecule has 1 amide bonds. The predicted octanol–water partition coefficient (Wildman–Crippen LogP) is 4.20. The Hall–Kier alpha value is -3.15. The minimum Gasteiger partial charge on any atom is -0.494 e.